The number of fused-ring (bicyclic) bond motifs is 1. The van der Waals surface area contributed by atoms with Crippen molar-refractivity contribution >= 4 is 23.7 Å². The first-order chi connectivity index (χ1) is 14.2. The van der Waals surface area contributed by atoms with Gasteiger partial charge < -0.3 is 16.0 Å². The van der Waals surface area contributed by atoms with Gasteiger partial charge >= 0.3 is 6.03 Å². The van der Waals surface area contributed by atoms with Crippen LogP contribution < -0.4 is 16.0 Å². The van der Waals surface area contributed by atoms with E-state index < -0.39 is 0 Å². The first-order valence-corrected chi connectivity index (χ1v) is 12.2. The standard InChI is InChI=1S/C23H33N3O2S/c27-20(12-6-5-11-19-21-18(15-29-19)25-22(28)26-21)24-16-23(13-7-2-8-14-23)17-9-3-1-4-10-17/h1,3-4,9-10,18-19,21H,2,5-8,11-16H2,(H,24,27)(H2,25,26,28)/t18-,19-,21+/m0/s1. The molecule has 6 heteroatoms. The monoisotopic (exact) mass is 415 g/mol. The van der Waals surface area contributed by atoms with Gasteiger partial charge in [-0.3, -0.25) is 4.79 Å². The molecule has 0 aromatic heterocycles. The second kappa shape index (κ2) is 9.41. The summed E-state index contributed by atoms with van der Waals surface area (Å²) in [6, 6.07) is 11.3. The van der Waals surface area contributed by atoms with Gasteiger partial charge in [0.15, 0.2) is 0 Å². The van der Waals surface area contributed by atoms with Crippen molar-refractivity contribution in [2.24, 2.45) is 0 Å². The van der Waals surface area contributed by atoms with Gasteiger partial charge in [-0.2, -0.15) is 11.8 Å². The number of hydrogen-bond acceptors (Lipinski definition) is 3. The molecule has 0 unspecified atom stereocenters. The molecule has 29 heavy (non-hydrogen) atoms. The number of carbonyl (C=O) groups excluding carboxylic acids is 2. The summed E-state index contributed by atoms with van der Waals surface area (Å²) >= 11 is 1.94. The van der Waals surface area contributed by atoms with Crippen molar-refractivity contribution in [3.8, 4) is 0 Å². The highest BCUT2D eigenvalue weighted by Crippen LogP contribution is 2.39. The largest absolute Gasteiger partial charge is 0.355 e. The van der Waals surface area contributed by atoms with Crippen LogP contribution in [0.4, 0.5) is 4.79 Å². The number of thioether (sulfide) groups is 1. The Bertz CT molecular complexity index is 705. The van der Waals surface area contributed by atoms with Crippen molar-refractivity contribution in [1.29, 1.82) is 0 Å². The number of nitrogens with one attached hydrogen (secondary N) is 3. The average molecular weight is 416 g/mol. The Labute approximate surface area is 178 Å². The summed E-state index contributed by atoms with van der Waals surface area (Å²) in [4.78, 5) is 24.0. The highest BCUT2D eigenvalue weighted by atomic mass is 32.2. The number of benzene rings is 1. The molecule has 1 aliphatic carbocycles. The van der Waals surface area contributed by atoms with Gasteiger partial charge in [0.25, 0.3) is 0 Å². The van der Waals surface area contributed by atoms with E-state index in [4.69, 9.17) is 0 Å². The number of amides is 3. The lowest BCUT2D eigenvalue weighted by Gasteiger charge is -2.38. The Morgan fingerprint density at radius 2 is 1.90 bits per heavy atom. The van der Waals surface area contributed by atoms with Crippen molar-refractivity contribution in [2.75, 3.05) is 12.3 Å². The topological polar surface area (TPSA) is 70.2 Å². The zero-order chi connectivity index (χ0) is 20.1. The van der Waals surface area contributed by atoms with Crippen molar-refractivity contribution in [1.82, 2.24) is 16.0 Å². The van der Waals surface area contributed by atoms with Crippen molar-refractivity contribution in [2.45, 2.75) is 80.5 Å². The van der Waals surface area contributed by atoms with Crippen LogP contribution in [0.1, 0.15) is 63.4 Å². The Morgan fingerprint density at radius 3 is 2.69 bits per heavy atom. The number of rotatable bonds is 8. The molecule has 4 rings (SSSR count). The smallest absolute Gasteiger partial charge is 0.315 e. The molecular weight excluding hydrogens is 382 g/mol. The van der Waals surface area contributed by atoms with E-state index >= 15 is 0 Å². The molecule has 2 aliphatic heterocycles. The first-order valence-electron chi connectivity index (χ1n) is 11.2. The van der Waals surface area contributed by atoms with Crippen molar-refractivity contribution in [3.63, 3.8) is 0 Å². The van der Waals surface area contributed by atoms with E-state index in [-0.39, 0.29) is 29.4 Å². The summed E-state index contributed by atoms with van der Waals surface area (Å²) in [6.07, 6.45) is 9.75. The lowest BCUT2D eigenvalue weighted by molar-refractivity contribution is -0.121. The fourth-order valence-electron chi connectivity index (χ4n) is 5.22. The number of unbranched alkanes of at least 4 members (excludes halogenated alkanes) is 1. The predicted molar refractivity (Wildman–Crippen MR) is 118 cm³/mol. The van der Waals surface area contributed by atoms with Gasteiger partial charge in [0.2, 0.25) is 5.91 Å². The average Bonchev–Trinajstić information content (AvgIpc) is 3.30. The minimum Gasteiger partial charge on any atom is -0.355 e. The molecule has 3 N–H and O–H groups in total. The minimum atomic E-state index is -0.0280. The Kier molecular flexibility index (Phi) is 6.68. The predicted octanol–water partition coefficient (Wildman–Crippen LogP) is 3.73. The zero-order valence-electron chi connectivity index (χ0n) is 17.1. The third-order valence-corrected chi connectivity index (χ3v) is 8.41. The van der Waals surface area contributed by atoms with Crippen LogP contribution in [-0.2, 0) is 10.2 Å². The van der Waals surface area contributed by atoms with Crippen molar-refractivity contribution in [3.05, 3.63) is 35.9 Å². The van der Waals surface area contributed by atoms with Crippen LogP contribution in [0.15, 0.2) is 30.3 Å². The van der Waals surface area contributed by atoms with Gasteiger partial charge in [0.1, 0.15) is 0 Å². The van der Waals surface area contributed by atoms with Crippen LogP contribution in [0.25, 0.3) is 0 Å². The molecule has 2 heterocycles. The molecule has 3 aliphatic rings. The first kappa shape index (κ1) is 20.6. The van der Waals surface area contributed by atoms with E-state index in [0.717, 1.165) is 31.6 Å². The molecule has 0 radical (unpaired) electrons. The van der Waals surface area contributed by atoms with E-state index in [1.807, 2.05) is 11.8 Å². The van der Waals surface area contributed by atoms with Gasteiger partial charge in [-0.1, -0.05) is 56.0 Å². The highest BCUT2D eigenvalue weighted by Gasteiger charge is 2.42. The van der Waals surface area contributed by atoms with Gasteiger partial charge in [-0.15, -0.1) is 0 Å². The highest BCUT2D eigenvalue weighted by molar-refractivity contribution is 8.00. The van der Waals surface area contributed by atoms with Crippen LogP contribution >= 0.6 is 11.8 Å². The van der Waals surface area contributed by atoms with Gasteiger partial charge in [-0.25, -0.2) is 4.79 Å². The SMILES string of the molecule is O=C(CCCC[C@@H]1SC[C@@H]2NC(=O)N[C@H]21)NCC1(c2ccccc2)CCCCC1. The summed E-state index contributed by atoms with van der Waals surface area (Å²) < 4.78 is 0. The fourth-order valence-corrected chi connectivity index (χ4v) is 6.76. The van der Waals surface area contributed by atoms with Crippen LogP contribution in [0.5, 0.6) is 0 Å². The van der Waals surface area contributed by atoms with Crippen LogP contribution in [0.2, 0.25) is 0 Å². The van der Waals surface area contributed by atoms with Crippen LogP contribution in [0.3, 0.4) is 0 Å². The summed E-state index contributed by atoms with van der Waals surface area (Å²) in [5.74, 6) is 1.18. The molecule has 3 atom stereocenters. The molecule has 0 spiro atoms. The maximum Gasteiger partial charge on any atom is 0.315 e. The molecule has 3 amide bonds. The normalized spacial score (nSPS) is 27.7. The van der Waals surface area contributed by atoms with Crippen LogP contribution in [0, 0.1) is 0 Å². The molecule has 1 saturated carbocycles. The number of carbonyl (C=O) groups is 2. The fraction of sp³-hybridized carbons (Fsp3) is 0.652. The van der Waals surface area contributed by atoms with Gasteiger partial charge in [0.05, 0.1) is 12.1 Å². The molecule has 1 aromatic rings. The molecule has 158 valence electrons. The van der Waals surface area contributed by atoms with Crippen molar-refractivity contribution < 1.29 is 9.59 Å². The van der Waals surface area contributed by atoms with E-state index in [1.165, 1.54) is 37.7 Å². The maximum atomic E-state index is 12.5. The lowest BCUT2D eigenvalue weighted by atomic mass is 9.69. The third kappa shape index (κ3) is 4.90. The third-order valence-electron chi connectivity index (χ3n) is 6.90. The molecule has 2 saturated heterocycles. The number of urea groups is 1. The Balaban J connectivity index is 1.20. The lowest BCUT2D eigenvalue weighted by Crippen LogP contribution is -2.42. The molecule has 3 fully saturated rings. The van der Waals surface area contributed by atoms with E-state index in [1.54, 1.807) is 0 Å². The summed E-state index contributed by atoms with van der Waals surface area (Å²) in [6.45, 7) is 0.760. The van der Waals surface area contributed by atoms with E-state index in [0.29, 0.717) is 11.7 Å². The van der Waals surface area contributed by atoms with E-state index in [9.17, 15) is 9.59 Å². The van der Waals surface area contributed by atoms with Crippen LogP contribution in [-0.4, -0.2) is 41.6 Å². The summed E-state index contributed by atoms with van der Waals surface area (Å²) in [5.41, 5.74) is 1.48. The quantitative estimate of drug-likeness (QED) is 0.448. The molecule has 0 bridgehead atoms. The summed E-state index contributed by atoms with van der Waals surface area (Å²) in [7, 11) is 0. The van der Waals surface area contributed by atoms with E-state index in [2.05, 4.69) is 46.3 Å². The molecule has 5 nitrogen and oxygen atoms in total. The second-order valence-electron chi connectivity index (χ2n) is 8.85. The molecule has 1 aromatic carbocycles. The number of hydrogen-bond donors (Lipinski definition) is 3. The van der Waals surface area contributed by atoms with Gasteiger partial charge in [0, 0.05) is 29.4 Å². The van der Waals surface area contributed by atoms with Gasteiger partial charge in [-0.05, 0) is 31.2 Å². The Morgan fingerprint density at radius 1 is 1.10 bits per heavy atom. The minimum absolute atomic E-state index is 0.0280. The second-order valence-corrected chi connectivity index (χ2v) is 10.1. The summed E-state index contributed by atoms with van der Waals surface area (Å²) in [5, 5.41) is 9.76. The maximum absolute atomic E-state index is 12.5. The molecular formula is C23H33N3O2S. The zero-order valence-corrected chi connectivity index (χ0v) is 17.9. The Hall–Kier alpha value is -1.69.